The van der Waals surface area contributed by atoms with Crippen LogP contribution in [0, 0.1) is 5.92 Å². The lowest BCUT2D eigenvalue weighted by Gasteiger charge is -2.33. The number of fused-ring (bicyclic) bond motifs is 1. The molecule has 3 N–H and O–H groups in total. The number of primary sulfonamides is 1. The summed E-state index contributed by atoms with van der Waals surface area (Å²) in [5.41, 5.74) is 0.507. The van der Waals surface area contributed by atoms with Crippen molar-refractivity contribution in [1.82, 2.24) is 9.62 Å². The van der Waals surface area contributed by atoms with Crippen LogP contribution >= 0.6 is 23.7 Å². The Morgan fingerprint density at radius 3 is 2.58 bits per heavy atom. The average Bonchev–Trinajstić information content (AvgIpc) is 2.86. The molecule has 0 unspecified atom stereocenters. The zero-order valence-corrected chi connectivity index (χ0v) is 17.1. The summed E-state index contributed by atoms with van der Waals surface area (Å²) in [5, 5.41) is 8.47. The summed E-state index contributed by atoms with van der Waals surface area (Å²) in [6, 6.07) is 1.17. The summed E-state index contributed by atoms with van der Waals surface area (Å²) in [4.78, 5) is 0. The van der Waals surface area contributed by atoms with E-state index in [2.05, 4.69) is 5.32 Å². The van der Waals surface area contributed by atoms with Crippen LogP contribution in [0.5, 0.6) is 0 Å². The Morgan fingerprint density at radius 1 is 1.46 bits per heavy atom. The van der Waals surface area contributed by atoms with E-state index >= 15 is 0 Å². The highest BCUT2D eigenvalue weighted by Crippen LogP contribution is 2.40. The first-order valence-electron chi connectivity index (χ1n) is 7.47. The number of nitrogens with zero attached hydrogens (tertiary/aromatic N) is 1. The molecule has 0 saturated heterocycles. The van der Waals surface area contributed by atoms with Gasteiger partial charge in [-0.1, -0.05) is 20.8 Å². The monoisotopic (exact) mass is 417 g/mol. The van der Waals surface area contributed by atoms with E-state index in [0.717, 1.165) is 24.3 Å². The summed E-state index contributed by atoms with van der Waals surface area (Å²) in [6.45, 7) is 7.33. The molecular weight excluding hydrogens is 394 g/mol. The molecule has 1 aliphatic rings. The van der Waals surface area contributed by atoms with Crippen molar-refractivity contribution >= 4 is 43.8 Å². The predicted molar refractivity (Wildman–Crippen MR) is 97.6 cm³/mol. The van der Waals surface area contributed by atoms with E-state index in [-0.39, 0.29) is 32.8 Å². The van der Waals surface area contributed by atoms with Crippen LogP contribution in [0.3, 0.4) is 0 Å². The van der Waals surface area contributed by atoms with Gasteiger partial charge in [0.05, 0.1) is 0 Å². The molecule has 7 nitrogen and oxygen atoms in total. The van der Waals surface area contributed by atoms with Crippen LogP contribution in [0.15, 0.2) is 14.5 Å². The molecular formula is C13H24ClN3O4S3. The van der Waals surface area contributed by atoms with Gasteiger partial charge in [0.25, 0.3) is 10.0 Å². The van der Waals surface area contributed by atoms with Crippen LogP contribution in [0.2, 0.25) is 0 Å². The second-order valence-corrected chi connectivity index (χ2v) is 11.0. The van der Waals surface area contributed by atoms with Gasteiger partial charge in [0, 0.05) is 24.7 Å². The normalized spacial score (nSPS) is 20.6. The van der Waals surface area contributed by atoms with E-state index in [0.29, 0.717) is 18.7 Å². The fourth-order valence-corrected chi connectivity index (χ4v) is 6.97. The van der Waals surface area contributed by atoms with Gasteiger partial charge < -0.3 is 5.32 Å². The SMILES string of the molecule is CCCN[C@H]1CN(CC(C)C)S(=O)(=O)c2sc(S(N)(=O)=O)cc21.Cl. The molecule has 0 saturated carbocycles. The van der Waals surface area contributed by atoms with Crippen LogP contribution in [-0.4, -0.2) is 40.8 Å². The Balaban J connectivity index is 0.00000288. The number of hydrogen-bond acceptors (Lipinski definition) is 6. The molecule has 0 fully saturated rings. The van der Waals surface area contributed by atoms with Gasteiger partial charge in [-0.05, 0) is 24.9 Å². The number of thiophene rings is 1. The van der Waals surface area contributed by atoms with Gasteiger partial charge in [0.2, 0.25) is 10.0 Å². The van der Waals surface area contributed by atoms with Crippen molar-refractivity contribution in [2.24, 2.45) is 11.1 Å². The minimum absolute atomic E-state index is 0. The number of sulfonamides is 2. The lowest BCUT2D eigenvalue weighted by atomic mass is 10.1. The van der Waals surface area contributed by atoms with Crippen molar-refractivity contribution in [3.63, 3.8) is 0 Å². The zero-order valence-electron chi connectivity index (χ0n) is 13.9. The first kappa shape index (κ1) is 21.8. The molecule has 1 aliphatic heterocycles. The molecule has 1 atom stereocenters. The van der Waals surface area contributed by atoms with Crippen LogP contribution in [-0.2, 0) is 20.0 Å². The molecule has 140 valence electrons. The number of rotatable bonds is 6. The Morgan fingerprint density at radius 2 is 2.08 bits per heavy atom. The van der Waals surface area contributed by atoms with E-state index in [1.165, 1.54) is 10.4 Å². The molecule has 0 aromatic carbocycles. The molecule has 2 heterocycles. The molecule has 11 heteroatoms. The van der Waals surface area contributed by atoms with Gasteiger partial charge in [-0.25, -0.2) is 22.0 Å². The number of nitrogens with one attached hydrogen (secondary N) is 1. The maximum atomic E-state index is 12.8. The molecule has 1 aromatic heterocycles. The van der Waals surface area contributed by atoms with Gasteiger partial charge in [-0.3, -0.25) is 0 Å². The topological polar surface area (TPSA) is 110 Å². The van der Waals surface area contributed by atoms with Gasteiger partial charge in [-0.2, -0.15) is 4.31 Å². The fraction of sp³-hybridized carbons (Fsp3) is 0.692. The van der Waals surface area contributed by atoms with Crippen LogP contribution in [0.4, 0.5) is 0 Å². The lowest BCUT2D eigenvalue weighted by Crippen LogP contribution is -2.44. The molecule has 1 aromatic rings. The van der Waals surface area contributed by atoms with E-state index in [9.17, 15) is 16.8 Å². The van der Waals surface area contributed by atoms with E-state index in [1.807, 2.05) is 20.8 Å². The Labute approximate surface area is 154 Å². The molecule has 0 bridgehead atoms. The Kier molecular flexibility index (Phi) is 7.25. The number of nitrogens with two attached hydrogens (primary N) is 1. The largest absolute Gasteiger partial charge is 0.309 e. The Hall–Kier alpha value is -0.230. The van der Waals surface area contributed by atoms with Crippen LogP contribution in [0.1, 0.15) is 38.8 Å². The fourth-order valence-electron chi connectivity index (χ4n) is 2.54. The molecule has 2 rings (SSSR count). The quantitative estimate of drug-likeness (QED) is 0.729. The van der Waals surface area contributed by atoms with Gasteiger partial charge in [-0.15, -0.1) is 23.7 Å². The third-order valence-corrected chi connectivity index (χ3v) is 8.46. The standard InChI is InChI=1S/C13H23N3O4S3.ClH/c1-4-5-15-11-8-16(7-9(2)3)23(19,20)13-10(11)6-12(21-13)22(14,17)18;/h6,9,11,15H,4-5,7-8H2,1-3H3,(H2,14,17,18);1H/t11-;/m0./s1. The van der Waals surface area contributed by atoms with Gasteiger partial charge in [0.1, 0.15) is 8.42 Å². The first-order valence-corrected chi connectivity index (χ1v) is 11.3. The number of halogens is 1. The minimum Gasteiger partial charge on any atom is -0.309 e. The summed E-state index contributed by atoms with van der Waals surface area (Å²) < 4.78 is 50.1. The third kappa shape index (κ3) is 4.48. The van der Waals surface area contributed by atoms with Crippen molar-refractivity contribution in [3.05, 3.63) is 11.6 Å². The van der Waals surface area contributed by atoms with Crippen LogP contribution < -0.4 is 10.5 Å². The molecule has 24 heavy (non-hydrogen) atoms. The predicted octanol–water partition coefficient (Wildman–Crippen LogP) is 1.52. The van der Waals surface area contributed by atoms with Gasteiger partial charge >= 0.3 is 0 Å². The highest BCUT2D eigenvalue weighted by atomic mass is 35.5. The summed E-state index contributed by atoms with van der Waals surface area (Å²) in [7, 11) is -7.61. The highest BCUT2D eigenvalue weighted by Gasteiger charge is 2.39. The molecule has 0 spiro atoms. The van der Waals surface area contributed by atoms with E-state index in [1.54, 1.807) is 0 Å². The zero-order chi connectivity index (χ0) is 17.4. The second kappa shape index (κ2) is 7.98. The smallest absolute Gasteiger partial charge is 0.253 e. The van der Waals surface area contributed by atoms with Crippen molar-refractivity contribution in [2.45, 2.75) is 41.7 Å². The maximum absolute atomic E-state index is 12.8. The first-order chi connectivity index (χ1) is 10.6. The average molecular weight is 418 g/mol. The minimum atomic E-state index is -3.92. The van der Waals surface area contributed by atoms with E-state index < -0.39 is 20.0 Å². The van der Waals surface area contributed by atoms with Crippen LogP contribution in [0.25, 0.3) is 0 Å². The van der Waals surface area contributed by atoms with Crippen molar-refractivity contribution in [3.8, 4) is 0 Å². The summed E-state index contributed by atoms with van der Waals surface area (Å²) in [5.74, 6) is 0.177. The van der Waals surface area contributed by atoms with Gasteiger partial charge in [0.15, 0.2) is 0 Å². The highest BCUT2D eigenvalue weighted by molar-refractivity contribution is 7.94. The summed E-state index contributed by atoms with van der Waals surface area (Å²) in [6.07, 6.45) is 0.898. The Bertz CT molecular complexity index is 774. The maximum Gasteiger partial charge on any atom is 0.253 e. The van der Waals surface area contributed by atoms with Crippen molar-refractivity contribution in [2.75, 3.05) is 19.6 Å². The van der Waals surface area contributed by atoms with Crippen molar-refractivity contribution < 1.29 is 16.8 Å². The second-order valence-electron chi connectivity index (χ2n) is 6.08. The molecule has 0 aliphatic carbocycles. The third-order valence-electron chi connectivity index (χ3n) is 3.53. The molecule has 0 amide bonds. The van der Waals surface area contributed by atoms with E-state index in [4.69, 9.17) is 5.14 Å². The lowest BCUT2D eigenvalue weighted by molar-refractivity contribution is 0.314. The van der Waals surface area contributed by atoms with Crippen molar-refractivity contribution in [1.29, 1.82) is 0 Å². The number of hydrogen-bond donors (Lipinski definition) is 2. The molecule has 0 radical (unpaired) electrons. The summed E-state index contributed by atoms with van der Waals surface area (Å²) >= 11 is 0.735.